The molecule has 0 aliphatic carbocycles. The summed E-state index contributed by atoms with van der Waals surface area (Å²) < 4.78 is 4.66. The molecule has 2 aromatic rings. The van der Waals surface area contributed by atoms with E-state index in [0.717, 1.165) is 21.6 Å². The lowest BCUT2D eigenvalue weighted by Crippen LogP contribution is -2.00. The van der Waals surface area contributed by atoms with E-state index in [1.807, 2.05) is 36.4 Å². The Morgan fingerprint density at radius 1 is 0.947 bits per heavy atom. The lowest BCUT2D eigenvalue weighted by Gasteiger charge is -2.07. The fraction of sp³-hybridized carbons (Fsp3) is 0.0625. The maximum atomic E-state index is 11.3. The van der Waals surface area contributed by atoms with Crippen LogP contribution in [0, 0.1) is 0 Å². The van der Waals surface area contributed by atoms with Crippen LogP contribution in [-0.2, 0) is 4.74 Å². The summed E-state index contributed by atoms with van der Waals surface area (Å²) in [6.45, 7) is 4.08. The van der Waals surface area contributed by atoms with Crippen LogP contribution in [0.3, 0.4) is 0 Å². The molecule has 0 unspecified atom stereocenters. The van der Waals surface area contributed by atoms with Gasteiger partial charge >= 0.3 is 5.97 Å². The molecule has 0 amide bonds. The number of thiol groups is 1. The Kier molecular flexibility index (Phi) is 4.07. The van der Waals surface area contributed by atoms with Crippen molar-refractivity contribution in [3.8, 4) is 0 Å². The summed E-state index contributed by atoms with van der Waals surface area (Å²) >= 11 is 4.25. The number of hydrogen-bond acceptors (Lipinski definition) is 3. The molecular formula is C16H14O2S. The van der Waals surface area contributed by atoms with Gasteiger partial charge in [-0.25, -0.2) is 4.79 Å². The van der Waals surface area contributed by atoms with Crippen molar-refractivity contribution in [3.05, 3.63) is 71.8 Å². The van der Waals surface area contributed by atoms with Gasteiger partial charge < -0.3 is 4.74 Å². The number of hydrogen-bond donors (Lipinski definition) is 1. The van der Waals surface area contributed by atoms with E-state index < -0.39 is 0 Å². The van der Waals surface area contributed by atoms with Gasteiger partial charge in [0.05, 0.1) is 12.7 Å². The molecule has 19 heavy (non-hydrogen) atoms. The molecule has 0 saturated heterocycles. The monoisotopic (exact) mass is 270 g/mol. The van der Waals surface area contributed by atoms with Crippen LogP contribution >= 0.6 is 12.6 Å². The minimum atomic E-state index is -0.336. The molecule has 0 aromatic heterocycles. The Morgan fingerprint density at radius 2 is 1.37 bits per heavy atom. The molecular weight excluding hydrogens is 256 g/mol. The maximum Gasteiger partial charge on any atom is 0.337 e. The summed E-state index contributed by atoms with van der Waals surface area (Å²) in [5, 5.41) is 0. The molecule has 0 atom stereocenters. The number of carbonyl (C=O) groups excluding carboxylic acids is 1. The van der Waals surface area contributed by atoms with E-state index in [0.29, 0.717) is 5.56 Å². The van der Waals surface area contributed by atoms with Crippen LogP contribution in [0.2, 0.25) is 0 Å². The normalized spacial score (nSPS) is 10.0. The molecule has 0 bridgehead atoms. The van der Waals surface area contributed by atoms with E-state index in [4.69, 9.17) is 0 Å². The SMILES string of the molecule is C=C(c1ccc(S)cc1)c1ccc(C(=O)OC)cc1. The molecule has 0 aliphatic heterocycles. The minimum absolute atomic E-state index is 0.336. The molecule has 0 fully saturated rings. The highest BCUT2D eigenvalue weighted by Gasteiger charge is 2.06. The summed E-state index contributed by atoms with van der Waals surface area (Å²) in [5.41, 5.74) is 3.44. The van der Waals surface area contributed by atoms with Gasteiger partial charge in [0.2, 0.25) is 0 Å². The summed E-state index contributed by atoms with van der Waals surface area (Å²) in [5.74, 6) is -0.336. The van der Waals surface area contributed by atoms with Gasteiger partial charge in [0.25, 0.3) is 0 Å². The van der Waals surface area contributed by atoms with Crippen LogP contribution in [0.5, 0.6) is 0 Å². The van der Waals surface area contributed by atoms with Crippen molar-refractivity contribution in [2.75, 3.05) is 7.11 Å². The quantitative estimate of drug-likeness (QED) is 0.678. The average Bonchev–Trinajstić information content (AvgIpc) is 2.46. The van der Waals surface area contributed by atoms with Crippen molar-refractivity contribution in [3.63, 3.8) is 0 Å². The first-order valence-electron chi connectivity index (χ1n) is 5.79. The van der Waals surface area contributed by atoms with Crippen molar-refractivity contribution >= 4 is 24.2 Å². The predicted molar refractivity (Wildman–Crippen MR) is 79.6 cm³/mol. The molecule has 0 spiro atoms. The number of methoxy groups -OCH3 is 1. The molecule has 2 aromatic carbocycles. The van der Waals surface area contributed by atoms with Crippen molar-refractivity contribution in [1.29, 1.82) is 0 Å². The fourth-order valence-electron chi connectivity index (χ4n) is 1.75. The van der Waals surface area contributed by atoms with Crippen molar-refractivity contribution in [1.82, 2.24) is 0 Å². The molecule has 0 N–H and O–H groups in total. The third-order valence-electron chi connectivity index (χ3n) is 2.87. The van der Waals surface area contributed by atoms with Crippen LogP contribution in [0.4, 0.5) is 0 Å². The second kappa shape index (κ2) is 5.76. The van der Waals surface area contributed by atoms with Crippen LogP contribution in [0.25, 0.3) is 5.57 Å². The zero-order valence-electron chi connectivity index (χ0n) is 10.6. The Labute approximate surface area is 118 Å². The number of ether oxygens (including phenoxy) is 1. The van der Waals surface area contributed by atoms with Crippen molar-refractivity contribution in [2.24, 2.45) is 0 Å². The molecule has 0 radical (unpaired) electrons. The van der Waals surface area contributed by atoms with E-state index >= 15 is 0 Å². The van der Waals surface area contributed by atoms with E-state index in [-0.39, 0.29) is 5.97 Å². The largest absolute Gasteiger partial charge is 0.465 e. The standard InChI is InChI=1S/C16H14O2S/c1-11(13-7-9-15(19)10-8-13)12-3-5-14(6-4-12)16(17)18-2/h3-10,19H,1H2,2H3. The van der Waals surface area contributed by atoms with Crippen molar-refractivity contribution < 1.29 is 9.53 Å². The van der Waals surface area contributed by atoms with E-state index in [2.05, 4.69) is 23.9 Å². The first kappa shape index (κ1) is 13.4. The molecule has 2 rings (SSSR count). The highest BCUT2D eigenvalue weighted by Crippen LogP contribution is 2.23. The third-order valence-corrected chi connectivity index (χ3v) is 3.17. The highest BCUT2D eigenvalue weighted by atomic mass is 32.1. The maximum absolute atomic E-state index is 11.3. The number of rotatable bonds is 3. The zero-order chi connectivity index (χ0) is 13.8. The van der Waals surface area contributed by atoms with Gasteiger partial charge in [-0.2, -0.15) is 0 Å². The van der Waals surface area contributed by atoms with Crippen molar-refractivity contribution in [2.45, 2.75) is 4.90 Å². The molecule has 2 nitrogen and oxygen atoms in total. The van der Waals surface area contributed by atoms with Gasteiger partial charge in [-0.15, -0.1) is 12.6 Å². The summed E-state index contributed by atoms with van der Waals surface area (Å²) in [7, 11) is 1.37. The fourth-order valence-corrected chi connectivity index (χ4v) is 1.90. The van der Waals surface area contributed by atoms with E-state index in [1.54, 1.807) is 12.1 Å². The Bertz CT molecular complexity index is 598. The van der Waals surface area contributed by atoms with Crippen LogP contribution in [0.15, 0.2) is 60.0 Å². The van der Waals surface area contributed by atoms with Gasteiger partial charge in [0, 0.05) is 4.90 Å². The van der Waals surface area contributed by atoms with Gasteiger partial charge in [-0.05, 0) is 41.0 Å². The van der Waals surface area contributed by atoms with Gasteiger partial charge in [-0.1, -0.05) is 30.8 Å². The molecule has 3 heteroatoms. The van der Waals surface area contributed by atoms with Crippen LogP contribution in [0.1, 0.15) is 21.5 Å². The zero-order valence-corrected chi connectivity index (χ0v) is 11.5. The molecule has 0 aliphatic rings. The summed E-state index contributed by atoms with van der Waals surface area (Å²) in [6.07, 6.45) is 0. The Hall–Kier alpha value is -2.00. The summed E-state index contributed by atoms with van der Waals surface area (Å²) in [6, 6.07) is 15.0. The number of esters is 1. The van der Waals surface area contributed by atoms with Gasteiger partial charge in [-0.3, -0.25) is 0 Å². The lowest BCUT2D eigenvalue weighted by molar-refractivity contribution is 0.0601. The summed E-state index contributed by atoms with van der Waals surface area (Å²) in [4.78, 5) is 12.3. The number of carbonyl (C=O) groups is 1. The topological polar surface area (TPSA) is 26.3 Å². The van der Waals surface area contributed by atoms with E-state index in [9.17, 15) is 4.79 Å². The van der Waals surface area contributed by atoms with Crippen LogP contribution < -0.4 is 0 Å². The first-order valence-corrected chi connectivity index (χ1v) is 6.23. The predicted octanol–water partition coefficient (Wildman–Crippen LogP) is 3.82. The average molecular weight is 270 g/mol. The second-order valence-corrected chi connectivity index (χ2v) is 4.61. The third kappa shape index (κ3) is 3.06. The van der Waals surface area contributed by atoms with Crippen LogP contribution in [-0.4, -0.2) is 13.1 Å². The Morgan fingerprint density at radius 3 is 1.84 bits per heavy atom. The highest BCUT2D eigenvalue weighted by molar-refractivity contribution is 7.80. The minimum Gasteiger partial charge on any atom is -0.465 e. The number of benzene rings is 2. The van der Waals surface area contributed by atoms with Gasteiger partial charge in [0.15, 0.2) is 0 Å². The smallest absolute Gasteiger partial charge is 0.337 e. The Balaban J connectivity index is 2.25. The molecule has 96 valence electrons. The second-order valence-electron chi connectivity index (χ2n) is 4.09. The molecule has 0 saturated carbocycles. The van der Waals surface area contributed by atoms with Gasteiger partial charge in [0.1, 0.15) is 0 Å². The van der Waals surface area contributed by atoms with E-state index in [1.165, 1.54) is 7.11 Å². The molecule has 0 heterocycles. The first-order chi connectivity index (χ1) is 9.11. The lowest BCUT2D eigenvalue weighted by atomic mass is 9.99.